The number of rotatable bonds is 3. The van der Waals surface area contributed by atoms with Crippen molar-refractivity contribution >= 4 is 40.5 Å². The number of hydrogen-bond acceptors (Lipinski definition) is 3. The van der Waals surface area contributed by atoms with Crippen LogP contribution in [-0.2, 0) is 6.42 Å². The highest BCUT2D eigenvalue weighted by molar-refractivity contribution is 6.42. The topological polar surface area (TPSA) is 58.6 Å². The number of carboxylic acids is 1. The lowest BCUT2D eigenvalue weighted by Crippen LogP contribution is -2.09. The Morgan fingerprint density at radius 3 is 2.50 bits per heavy atom. The zero-order valence-electron chi connectivity index (χ0n) is 13.4. The number of aromatic carboxylic acids is 1. The van der Waals surface area contributed by atoms with E-state index in [0.717, 1.165) is 16.8 Å². The Morgan fingerprint density at radius 2 is 1.73 bits per heavy atom. The molecule has 1 aliphatic rings. The molecule has 0 atom stereocenters. The van der Waals surface area contributed by atoms with Crippen molar-refractivity contribution in [3.63, 3.8) is 0 Å². The van der Waals surface area contributed by atoms with Crippen LogP contribution in [0, 0.1) is 0 Å². The molecule has 26 heavy (non-hydrogen) atoms. The maximum Gasteiger partial charge on any atom is 0.337 e. The van der Waals surface area contributed by atoms with E-state index in [-0.39, 0.29) is 5.56 Å². The number of hydrogen-bond donors (Lipinski definition) is 2. The molecule has 1 heterocycles. The summed E-state index contributed by atoms with van der Waals surface area (Å²) >= 11 is 12.0. The van der Waals surface area contributed by atoms with Gasteiger partial charge in [0.25, 0.3) is 0 Å². The Balaban J connectivity index is 1.65. The van der Waals surface area contributed by atoms with Gasteiger partial charge in [0.1, 0.15) is 0 Å². The standard InChI is InChI=1S/C20H13Cl2NO3/c21-14-6-4-11(9-15(14)22)8-12-5-7-17-16(10-12)23-19-13(20(24)25)2-1-3-18(19)26-17/h1-7,9-10,23H,8H2,(H,24,25). The van der Waals surface area contributed by atoms with E-state index in [0.29, 0.717) is 33.7 Å². The highest BCUT2D eigenvalue weighted by Crippen LogP contribution is 2.44. The quantitative estimate of drug-likeness (QED) is 0.445. The monoisotopic (exact) mass is 385 g/mol. The van der Waals surface area contributed by atoms with Gasteiger partial charge in [-0.05, 0) is 53.9 Å². The van der Waals surface area contributed by atoms with Crippen LogP contribution in [0.1, 0.15) is 21.5 Å². The van der Waals surface area contributed by atoms with Crippen molar-refractivity contribution in [1.29, 1.82) is 0 Å². The lowest BCUT2D eigenvalue weighted by atomic mass is 10.0. The molecule has 0 fully saturated rings. The molecule has 0 amide bonds. The maximum absolute atomic E-state index is 11.4. The van der Waals surface area contributed by atoms with E-state index in [2.05, 4.69) is 5.32 Å². The van der Waals surface area contributed by atoms with Gasteiger partial charge in [-0.25, -0.2) is 4.79 Å². The highest BCUT2D eigenvalue weighted by atomic mass is 35.5. The van der Waals surface area contributed by atoms with E-state index in [1.165, 1.54) is 0 Å². The van der Waals surface area contributed by atoms with Gasteiger partial charge in [-0.2, -0.15) is 0 Å². The van der Waals surface area contributed by atoms with E-state index in [4.69, 9.17) is 27.9 Å². The van der Waals surface area contributed by atoms with Gasteiger partial charge >= 0.3 is 5.97 Å². The third-order valence-electron chi connectivity index (χ3n) is 4.17. The largest absolute Gasteiger partial charge is 0.478 e. The van der Waals surface area contributed by atoms with Gasteiger partial charge in [0.05, 0.1) is 27.0 Å². The Bertz CT molecular complexity index is 1030. The average molecular weight is 386 g/mol. The summed E-state index contributed by atoms with van der Waals surface area (Å²) in [7, 11) is 0. The molecule has 4 nitrogen and oxygen atoms in total. The molecule has 0 spiro atoms. The van der Waals surface area contributed by atoms with E-state index < -0.39 is 5.97 Å². The summed E-state index contributed by atoms with van der Waals surface area (Å²) in [5.74, 6) is 0.140. The number of carbonyl (C=O) groups is 1. The van der Waals surface area contributed by atoms with Crippen LogP contribution in [0.25, 0.3) is 0 Å². The second kappa shape index (κ2) is 6.56. The molecule has 2 N–H and O–H groups in total. The summed E-state index contributed by atoms with van der Waals surface area (Å²) in [5.41, 5.74) is 3.42. The van der Waals surface area contributed by atoms with Crippen LogP contribution < -0.4 is 10.1 Å². The third kappa shape index (κ3) is 3.09. The average Bonchev–Trinajstić information content (AvgIpc) is 2.62. The smallest absolute Gasteiger partial charge is 0.337 e. The molecule has 0 bridgehead atoms. The van der Waals surface area contributed by atoms with E-state index in [9.17, 15) is 9.90 Å². The predicted molar refractivity (Wildman–Crippen MR) is 102 cm³/mol. The van der Waals surface area contributed by atoms with Crippen LogP contribution in [0.15, 0.2) is 54.6 Å². The zero-order chi connectivity index (χ0) is 18.3. The van der Waals surface area contributed by atoms with Crippen molar-refractivity contribution in [2.45, 2.75) is 6.42 Å². The number of halogens is 2. The van der Waals surface area contributed by atoms with E-state index in [1.807, 2.05) is 30.3 Å². The summed E-state index contributed by atoms with van der Waals surface area (Å²) in [6.07, 6.45) is 0.666. The molecule has 4 rings (SSSR count). The molecule has 0 saturated heterocycles. The van der Waals surface area contributed by atoms with Crippen LogP contribution >= 0.6 is 23.2 Å². The SMILES string of the molecule is O=C(O)c1cccc2c1Nc1cc(Cc3ccc(Cl)c(Cl)c3)ccc1O2. The van der Waals surface area contributed by atoms with Crippen molar-refractivity contribution in [3.05, 3.63) is 81.3 Å². The predicted octanol–water partition coefficient (Wildman–Crippen LogP) is 6.13. The summed E-state index contributed by atoms with van der Waals surface area (Å²) in [5, 5.41) is 13.6. The lowest BCUT2D eigenvalue weighted by Gasteiger charge is -2.23. The molecular formula is C20H13Cl2NO3. The summed E-state index contributed by atoms with van der Waals surface area (Å²) < 4.78 is 5.84. The Hall–Kier alpha value is -2.69. The first-order valence-corrected chi connectivity index (χ1v) is 8.65. The third-order valence-corrected chi connectivity index (χ3v) is 4.91. The first kappa shape index (κ1) is 16.8. The Labute approximate surface area is 159 Å². The van der Waals surface area contributed by atoms with Crippen LogP contribution in [0.4, 0.5) is 11.4 Å². The number of anilines is 2. The highest BCUT2D eigenvalue weighted by Gasteiger charge is 2.22. The van der Waals surface area contributed by atoms with Crippen LogP contribution in [0.3, 0.4) is 0 Å². The van der Waals surface area contributed by atoms with Gasteiger partial charge in [0, 0.05) is 0 Å². The fraction of sp³-hybridized carbons (Fsp3) is 0.0500. The minimum atomic E-state index is -1.01. The van der Waals surface area contributed by atoms with Crippen molar-refractivity contribution < 1.29 is 14.6 Å². The molecule has 0 radical (unpaired) electrons. The Morgan fingerprint density at radius 1 is 0.962 bits per heavy atom. The minimum absolute atomic E-state index is 0.169. The van der Waals surface area contributed by atoms with Crippen molar-refractivity contribution in [2.24, 2.45) is 0 Å². The number of carboxylic acid groups (broad SMARTS) is 1. The summed E-state index contributed by atoms with van der Waals surface area (Å²) in [6.45, 7) is 0. The number of para-hydroxylation sites is 1. The van der Waals surface area contributed by atoms with Gasteiger partial charge in [-0.3, -0.25) is 0 Å². The first-order chi connectivity index (χ1) is 12.5. The van der Waals surface area contributed by atoms with Crippen molar-refractivity contribution in [1.82, 2.24) is 0 Å². The first-order valence-electron chi connectivity index (χ1n) is 7.89. The molecular weight excluding hydrogens is 373 g/mol. The van der Waals surface area contributed by atoms with E-state index in [1.54, 1.807) is 24.3 Å². The minimum Gasteiger partial charge on any atom is -0.478 e. The Kier molecular flexibility index (Phi) is 4.23. The number of fused-ring (bicyclic) bond motifs is 2. The normalized spacial score (nSPS) is 11.8. The van der Waals surface area contributed by atoms with Crippen LogP contribution in [-0.4, -0.2) is 11.1 Å². The number of ether oxygens (including phenoxy) is 1. The fourth-order valence-corrected chi connectivity index (χ4v) is 3.26. The van der Waals surface area contributed by atoms with Crippen LogP contribution in [0.5, 0.6) is 11.5 Å². The molecule has 3 aromatic rings. The molecule has 6 heteroatoms. The van der Waals surface area contributed by atoms with E-state index >= 15 is 0 Å². The van der Waals surface area contributed by atoms with Crippen LogP contribution in [0.2, 0.25) is 10.0 Å². The van der Waals surface area contributed by atoms with Gasteiger partial charge in [-0.15, -0.1) is 0 Å². The fourth-order valence-electron chi connectivity index (χ4n) is 2.94. The molecule has 1 aliphatic heterocycles. The maximum atomic E-state index is 11.4. The van der Waals surface area contributed by atoms with Gasteiger partial charge in [0.2, 0.25) is 0 Å². The van der Waals surface area contributed by atoms with Crippen molar-refractivity contribution in [2.75, 3.05) is 5.32 Å². The molecule has 3 aromatic carbocycles. The molecule has 0 aromatic heterocycles. The second-order valence-corrected chi connectivity index (χ2v) is 6.78. The molecule has 0 unspecified atom stereocenters. The summed E-state index contributed by atoms with van der Waals surface area (Å²) in [4.78, 5) is 11.4. The lowest BCUT2D eigenvalue weighted by molar-refractivity contribution is 0.0697. The van der Waals surface area contributed by atoms with Gasteiger partial charge < -0.3 is 15.2 Å². The molecule has 0 saturated carbocycles. The second-order valence-electron chi connectivity index (χ2n) is 5.97. The zero-order valence-corrected chi connectivity index (χ0v) is 14.9. The van der Waals surface area contributed by atoms with Gasteiger partial charge in [-0.1, -0.05) is 41.4 Å². The van der Waals surface area contributed by atoms with Gasteiger partial charge in [0.15, 0.2) is 11.5 Å². The summed E-state index contributed by atoms with van der Waals surface area (Å²) in [6, 6.07) is 16.3. The number of nitrogens with one attached hydrogen (secondary N) is 1. The molecule has 130 valence electrons. The number of benzene rings is 3. The van der Waals surface area contributed by atoms with Crippen molar-refractivity contribution in [3.8, 4) is 11.5 Å². The molecule has 0 aliphatic carbocycles.